The Morgan fingerprint density at radius 3 is 2.79 bits per heavy atom. The quantitative estimate of drug-likeness (QED) is 0.645. The summed E-state index contributed by atoms with van der Waals surface area (Å²) in [4.78, 5) is 23.7. The zero-order chi connectivity index (χ0) is 16.5. The maximum atomic E-state index is 12.5. The van der Waals surface area contributed by atoms with Gasteiger partial charge in [0.05, 0.1) is 15.9 Å². The number of hydrogen-bond acceptors (Lipinski definition) is 5. The molecule has 4 rings (SSSR count). The number of aromatic nitrogens is 2. The predicted octanol–water partition coefficient (Wildman–Crippen LogP) is 3.11. The van der Waals surface area contributed by atoms with Crippen molar-refractivity contribution in [3.63, 3.8) is 0 Å². The molecule has 1 aliphatic rings. The minimum absolute atomic E-state index is 0.180. The molecule has 0 bridgehead atoms. The van der Waals surface area contributed by atoms with E-state index in [-0.39, 0.29) is 5.91 Å². The number of thiazole rings is 1. The van der Waals surface area contributed by atoms with Crippen LogP contribution in [0.5, 0.6) is 0 Å². The van der Waals surface area contributed by atoms with Gasteiger partial charge in [0.15, 0.2) is 4.96 Å². The fourth-order valence-electron chi connectivity index (χ4n) is 2.94. The summed E-state index contributed by atoms with van der Waals surface area (Å²) in [6.45, 7) is 4.43. The van der Waals surface area contributed by atoms with Crippen LogP contribution in [0.4, 0.5) is 0 Å². The number of amides is 1. The SMILES string of the molecule is O=C(Cc1cn2ccsc2n1)N1CCN(Cc2ccc(Br)s2)CC1. The standard InChI is InChI=1S/C16H17BrN4OS2/c17-14-2-1-13(24-14)11-19-3-5-20(6-4-19)15(22)9-12-10-21-7-8-23-16(21)18-12/h1-2,7-8,10H,3-6,9,11H2. The summed E-state index contributed by atoms with van der Waals surface area (Å²) in [5.41, 5.74) is 0.859. The normalized spacial score (nSPS) is 16.1. The molecule has 0 aliphatic carbocycles. The maximum absolute atomic E-state index is 12.5. The number of imidazole rings is 1. The first-order valence-corrected chi connectivity index (χ1v) is 10.3. The van der Waals surface area contributed by atoms with Gasteiger partial charge in [-0.25, -0.2) is 4.98 Å². The van der Waals surface area contributed by atoms with E-state index in [0.717, 1.165) is 43.4 Å². The van der Waals surface area contributed by atoms with Crippen LogP contribution in [0.25, 0.3) is 4.96 Å². The largest absolute Gasteiger partial charge is 0.340 e. The number of fused-ring (bicyclic) bond motifs is 1. The van der Waals surface area contributed by atoms with E-state index in [4.69, 9.17) is 0 Å². The maximum Gasteiger partial charge on any atom is 0.228 e. The first kappa shape index (κ1) is 16.3. The van der Waals surface area contributed by atoms with E-state index >= 15 is 0 Å². The van der Waals surface area contributed by atoms with Crippen LogP contribution in [-0.4, -0.2) is 51.3 Å². The summed E-state index contributed by atoms with van der Waals surface area (Å²) < 4.78 is 3.15. The number of hydrogen-bond donors (Lipinski definition) is 0. The molecular weight excluding hydrogens is 408 g/mol. The van der Waals surface area contributed by atoms with Crippen LogP contribution in [0.15, 0.2) is 33.7 Å². The van der Waals surface area contributed by atoms with Crippen LogP contribution < -0.4 is 0 Å². The van der Waals surface area contributed by atoms with Gasteiger partial charge in [-0.2, -0.15) is 0 Å². The van der Waals surface area contributed by atoms with Crippen LogP contribution in [0.2, 0.25) is 0 Å². The average molecular weight is 425 g/mol. The highest BCUT2D eigenvalue weighted by Crippen LogP contribution is 2.23. The summed E-state index contributed by atoms with van der Waals surface area (Å²) in [6, 6.07) is 4.26. The summed E-state index contributed by atoms with van der Waals surface area (Å²) in [7, 11) is 0. The summed E-state index contributed by atoms with van der Waals surface area (Å²) in [6.07, 6.45) is 4.32. The molecule has 126 valence electrons. The van der Waals surface area contributed by atoms with Crippen molar-refractivity contribution in [3.8, 4) is 0 Å². The topological polar surface area (TPSA) is 40.9 Å². The van der Waals surface area contributed by atoms with Gasteiger partial charge in [0, 0.05) is 55.4 Å². The third-order valence-corrected chi connectivity index (χ3v) is 6.59. The lowest BCUT2D eigenvalue weighted by Gasteiger charge is -2.34. The fraction of sp³-hybridized carbons (Fsp3) is 0.375. The van der Waals surface area contributed by atoms with Crippen molar-refractivity contribution >= 4 is 49.5 Å². The third-order valence-electron chi connectivity index (χ3n) is 4.21. The Balaban J connectivity index is 1.30. The predicted molar refractivity (Wildman–Crippen MR) is 101 cm³/mol. The molecule has 0 unspecified atom stereocenters. The molecule has 5 nitrogen and oxygen atoms in total. The Kier molecular flexibility index (Phi) is 4.71. The number of thiophene rings is 1. The molecule has 0 aromatic carbocycles. The first-order chi connectivity index (χ1) is 11.7. The van der Waals surface area contributed by atoms with Crippen molar-refractivity contribution in [2.45, 2.75) is 13.0 Å². The average Bonchev–Trinajstić information content (AvgIpc) is 3.24. The Morgan fingerprint density at radius 2 is 2.08 bits per heavy atom. The molecular formula is C16H17BrN4OS2. The lowest BCUT2D eigenvalue weighted by Crippen LogP contribution is -2.48. The summed E-state index contributed by atoms with van der Waals surface area (Å²) >= 11 is 6.88. The van der Waals surface area contributed by atoms with Crippen LogP contribution in [0.3, 0.4) is 0 Å². The van der Waals surface area contributed by atoms with Crippen molar-refractivity contribution in [2.75, 3.05) is 26.2 Å². The van der Waals surface area contributed by atoms with Gasteiger partial charge in [0.1, 0.15) is 0 Å². The van der Waals surface area contributed by atoms with Crippen LogP contribution in [-0.2, 0) is 17.8 Å². The molecule has 1 saturated heterocycles. The van der Waals surface area contributed by atoms with E-state index in [1.165, 1.54) is 8.66 Å². The molecule has 0 saturated carbocycles. The second-order valence-electron chi connectivity index (χ2n) is 5.86. The smallest absolute Gasteiger partial charge is 0.228 e. The first-order valence-electron chi connectivity index (χ1n) is 7.83. The molecule has 1 fully saturated rings. The minimum atomic E-state index is 0.180. The van der Waals surface area contributed by atoms with Gasteiger partial charge in [-0.05, 0) is 28.1 Å². The van der Waals surface area contributed by atoms with Gasteiger partial charge in [-0.1, -0.05) is 0 Å². The van der Waals surface area contributed by atoms with Gasteiger partial charge >= 0.3 is 0 Å². The van der Waals surface area contributed by atoms with E-state index < -0.39 is 0 Å². The van der Waals surface area contributed by atoms with E-state index in [0.29, 0.717) is 6.42 Å². The molecule has 3 aromatic rings. The van der Waals surface area contributed by atoms with Crippen molar-refractivity contribution in [1.29, 1.82) is 0 Å². The Bertz CT molecular complexity index is 819. The molecule has 1 aliphatic heterocycles. The van der Waals surface area contributed by atoms with E-state index in [1.807, 2.05) is 27.1 Å². The summed E-state index contributed by atoms with van der Waals surface area (Å²) in [5, 5.41) is 2.00. The van der Waals surface area contributed by atoms with E-state index in [1.54, 1.807) is 22.7 Å². The molecule has 8 heteroatoms. The number of rotatable bonds is 4. The Morgan fingerprint density at radius 1 is 1.25 bits per heavy atom. The second-order valence-corrected chi connectivity index (χ2v) is 9.29. The van der Waals surface area contributed by atoms with Crippen molar-refractivity contribution in [3.05, 3.63) is 44.3 Å². The Hall–Kier alpha value is -1.22. The van der Waals surface area contributed by atoms with Gasteiger partial charge < -0.3 is 4.90 Å². The molecule has 0 radical (unpaired) electrons. The Labute approximate surface area is 156 Å². The van der Waals surface area contributed by atoms with Crippen LogP contribution in [0.1, 0.15) is 10.6 Å². The van der Waals surface area contributed by atoms with Crippen molar-refractivity contribution in [1.82, 2.24) is 19.2 Å². The molecule has 1 amide bonds. The summed E-state index contributed by atoms with van der Waals surface area (Å²) in [5.74, 6) is 0.180. The zero-order valence-corrected chi connectivity index (χ0v) is 16.2. The highest BCUT2D eigenvalue weighted by Gasteiger charge is 2.22. The highest BCUT2D eigenvalue weighted by molar-refractivity contribution is 9.11. The third kappa shape index (κ3) is 3.56. The number of piperazine rings is 1. The van der Waals surface area contributed by atoms with Crippen LogP contribution in [0, 0.1) is 0 Å². The van der Waals surface area contributed by atoms with Crippen LogP contribution >= 0.6 is 38.6 Å². The van der Waals surface area contributed by atoms with Crippen molar-refractivity contribution < 1.29 is 4.79 Å². The zero-order valence-electron chi connectivity index (χ0n) is 13.0. The van der Waals surface area contributed by atoms with Gasteiger partial charge in [-0.3, -0.25) is 14.1 Å². The molecule has 0 spiro atoms. The lowest BCUT2D eigenvalue weighted by molar-refractivity contribution is -0.132. The fourth-order valence-corrected chi connectivity index (χ4v) is 5.19. The van der Waals surface area contributed by atoms with Gasteiger partial charge in [0.25, 0.3) is 0 Å². The van der Waals surface area contributed by atoms with Gasteiger partial charge in [-0.15, -0.1) is 22.7 Å². The van der Waals surface area contributed by atoms with Gasteiger partial charge in [0.2, 0.25) is 5.91 Å². The van der Waals surface area contributed by atoms with Crippen molar-refractivity contribution in [2.24, 2.45) is 0 Å². The molecule has 0 atom stereocenters. The molecule has 4 heterocycles. The monoisotopic (exact) mass is 424 g/mol. The molecule has 3 aromatic heterocycles. The number of carbonyl (C=O) groups is 1. The molecule has 0 N–H and O–H groups in total. The number of nitrogens with zero attached hydrogens (tertiary/aromatic N) is 4. The lowest BCUT2D eigenvalue weighted by atomic mass is 10.2. The van der Waals surface area contributed by atoms with E-state index in [2.05, 4.69) is 37.9 Å². The molecule has 24 heavy (non-hydrogen) atoms. The number of halogens is 1. The number of carbonyl (C=O) groups excluding carboxylic acids is 1. The van der Waals surface area contributed by atoms with E-state index in [9.17, 15) is 4.79 Å². The highest BCUT2D eigenvalue weighted by atomic mass is 79.9. The second kappa shape index (κ2) is 6.95. The minimum Gasteiger partial charge on any atom is -0.340 e.